The molecule has 0 bridgehead atoms. The van der Waals surface area contributed by atoms with Crippen LogP contribution in [0.3, 0.4) is 0 Å². The average Bonchev–Trinajstić information content (AvgIpc) is 2.47. The summed E-state index contributed by atoms with van der Waals surface area (Å²) in [7, 11) is 0. The van der Waals surface area contributed by atoms with Crippen molar-refractivity contribution in [1.82, 2.24) is 5.32 Å². The smallest absolute Gasteiger partial charge is 0.170 e. The van der Waals surface area contributed by atoms with Crippen molar-refractivity contribution < 1.29 is 4.79 Å². The van der Waals surface area contributed by atoms with E-state index in [-0.39, 0.29) is 5.78 Å². The summed E-state index contributed by atoms with van der Waals surface area (Å²) in [6, 6.07) is 0. The van der Waals surface area contributed by atoms with Gasteiger partial charge >= 0.3 is 0 Å². The second-order valence-electron chi connectivity index (χ2n) is 3.05. The number of ketones is 1. The summed E-state index contributed by atoms with van der Waals surface area (Å²) in [6.45, 7) is 3.58. The summed E-state index contributed by atoms with van der Waals surface area (Å²) < 4.78 is 0. The quantitative estimate of drug-likeness (QED) is 0.667. The van der Waals surface area contributed by atoms with E-state index in [0.717, 1.165) is 24.4 Å². The van der Waals surface area contributed by atoms with E-state index in [2.05, 4.69) is 10.7 Å². The molecule has 64 valence electrons. The zero-order valence-corrected chi connectivity index (χ0v) is 7.83. The third kappa shape index (κ3) is 1.19. The van der Waals surface area contributed by atoms with E-state index < -0.39 is 0 Å². The van der Waals surface area contributed by atoms with E-state index >= 15 is 0 Å². The van der Waals surface area contributed by atoms with E-state index in [0.29, 0.717) is 0 Å². The van der Waals surface area contributed by atoms with Crippen LogP contribution in [0.5, 0.6) is 0 Å². The van der Waals surface area contributed by atoms with E-state index in [1.807, 2.05) is 0 Å². The Morgan fingerprint density at radius 1 is 1.67 bits per heavy atom. The van der Waals surface area contributed by atoms with E-state index in [9.17, 15) is 4.79 Å². The van der Waals surface area contributed by atoms with Crippen LogP contribution in [0.2, 0.25) is 0 Å². The number of Topliss-reactive ketones (excluding diaryl/α,β-unsaturated/α-hetero) is 1. The first-order chi connectivity index (χ1) is 5.79. The number of nitrogens with one attached hydrogen (secondary N) is 1. The molecular formula is C9H11NOS. The molecule has 1 N–H and O–H groups in total. The van der Waals surface area contributed by atoms with Gasteiger partial charge in [0.05, 0.1) is 4.88 Å². The van der Waals surface area contributed by atoms with Crippen molar-refractivity contribution in [2.24, 2.45) is 0 Å². The molecule has 1 aliphatic heterocycles. The lowest BCUT2D eigenvalue weighted by Gasteiger charge is -2.13. The van der Waals surface area contributed by atoms with Crippen LogP contribution in [0.25, 0.3) is 0 Å². The number of carbonyl (C=O) groups is 1. The molecule has 0 atom stereocenters. The summed E-state index contributed by atoms with van der Waals surface area (Å²) in [5, 5.41) is 5.38. The van der Waals surface area contributed by atoms with Crippen LogP contribution < -0.4 is 5.32 Å². The minimum atomic E-state index is 0.211. The molecule has 1 aliphatic rings. The lowest BCUT2D eigenvalue weighted by Crippen LogP contribution is -2.23. The zero-order valence-electron chi connectivity index (χ0n) is 7.02. The SMILES string of the molecule is CC(=O)c1scc2c1CCNC2. The maximum atomic E-state index is 11.2. The van der Waals surface area contributed by atoms with Gasteiger partial charge in [-0.15, -0.1) is 11.3 Å². The molecule has 0 spiro atoms. The van der Waals surface area contributed by atoms with Crippen LogP contribution in [0.1, 0.15) is 27.7 Å². The molecule has 0 aliphatic carbocycles. The van der Waals surface area contributed by atoms with Gasteiger partial charge in [-0.25, -0.2) is 0 Å². The average molecular weight is 181 g/mol. The molecule has 2 rings (SSSR count). The largest absolute Gasteiger partial charge is 0.312 e. The fourth-order valence-corrected chi connectivity index (χ4v) is 2.60. The first-order valence-electron chi connectivity index (χ1n) is 4.10. The molecule has 0 radical (unpaired) electrons. The molecule has 2 heterocycles. The Labute approximate surface area is 75.6 Å². The minimum absolute atomic E-state index is 0.211. The van der Waals surface area contributed by atoms with Crippen molar-refractivity contribution >= 4 is 17.1 Å². The molecule has 0 amide bonds. The highest BCUT2D eigenvalue weighted by molar-refractivity contribution is 7.12. The Bertz CT molecular complexity index is 316. The Morgan fingerprint density at radius 2 is 2.50 bits per heavy atom. The van der Waals surface area contributed by atoms with Crippen LogP contribution in [0.4, 0.5) is 0 Å². The second-order valence-corrected chi connectivity index (χ2v) is 3.93. The van der Waals surface area contributed by atoms with Crippen molar-refractivity contribution in [3.05, 3.63) is 21.4 Å². The predicted octanol–water partition coefficient (Wildman–Crippen LogP) is 1.60. The van der Waals surface area contributed by atoms with Gasteiger partial charge < -0.3 is 5.32 Å². The number of fused-ring (bicyclic) bond motifs is 1. The number of rotatable bonds is 1. The zero-order chi connectivity index (χ0) is 8.55. The normalized spacial score (nSPS) is 15.8. The van der Waals surface area contributed by atoms with Gasteiger partial charge in [0.1, 0.15) is 0 Å². The highest BCUT2D eigenvalue weighted by Crippen LogP contribution is 2.25. The van der Waals surface area contributed by atoms with E-state index in [1.54, 1.807) is 18.3 Å². The Balaban J connectivity index is 2.44. The van der Waals surface area contributed by atoms with Gasteiger partial charge in [-0.3, -0.25) is 4.79 Å². The third-order valence-electron chi connectivity index (χ3n) is 2.17. The van der Waals surface area contributed by atoms with Crippen molar-refractivity contribution in [2.45, 2.75) is 19.9 Å². The lowest BCUT2D eigenvalue weighted by atomic mass is 10.0. The molecule has 0 unspecified atom stereocenters. The van der Waals surface area contributed by atoms with E-state index in [1.165, 1.54) is 11.1 Å². The van der Waals surface area contributed by atoms with Crippen LogP contribution in [0.15, 0.2) is 5.38 Å². The topological polar surface area (TPSA) is 29.1 Å². The lowest BCUT2D eigenvalue weighted by molar-refractivity contribution is 0.102. The maximum Gasteiger partial charge on any atom is 0.170 e. The molecule has 12 heavy (non-hydrogen) atoms. The molecule has 3 heteroatoms. The fourth-order valence-electron chi connectivity index (χ4n) is 1.57. The molecule has 0 saturated carbocycles. The number of carbonyl (C=O) groups excluding carboxylic acids is 1. The van der Waals surface area contributed by atoms with Gasteiger partial charge in [0.25, 0.3) is 0 Å². The molecule has 0 saturated heterocycles. The highest BCUT2D eigenvalue weighted by Gasteiger charge is 2.16. The first-order valence-corrected chi connectivity index (χ1v) is 4.98. The number of hydrogen-bond acceptors (Lipinski definition) is 3. The van der Waals surface area contributed by atoms with Crippen molar-refractivity contribution in [3.63, 3.8) is 0 Å². The standard InChI is InChI=1S/C9H11NOS/c1-6(11)9-8-2-3-10-4-7(8)5-12-9/h5,10H,2-4H2,1H3. The highest BCUT2D eigenvalue weighted by atomic mass is 32.1. The van der Waals surface area contributed by atoms with Gasteiger partial charge in [0.2, 0.25) is 0 Å². The fraction of sp³-hybridized carbons (Fsp3) is 0.444. The molecule has 0 fully saturated rings. The van der Waals surface area contributed by atoms with Gasteiger partial charge in [-0.05, 0) is 36.4 Å². The summed E-state index contributed by atoms with van der Waals surface area (Å²) in [4.78, 5) is 12.1. The molecule has 1 aromatic heterocycles. The van der Waals surface area contributed by atoms with Crippen molar-refractivity contribution in [1.29, 1.82) is 0 Å². The predicted molar refractivity (Wildman–Crippen MR) is 49.7 cm³/mol. The minimum Gasteiger partial charge on any atom is -0.312 e. The number of hydrogen-bond donors (Lipinski definition) is 1. The van der Waals surface area contributed by atoms with Gasteiger partial charge in [0, 0.05) is 6.54 Å². The first kappa shape index (κ1) is 7.95. The Morgan fingerprint density at radius 3 is 3.25 bits per heavy atom. The maximum absolute atomic E-state index is 11.2. The third-order valence-corrected chi connectivity index (χ3v) is 3.34. The summed E-state index contributed by atoms with van der Waals surface area (Å²) in [5.41, 5.74) is 2.60. The molecular weight excluding hydrogens is 170 g/mol. The van der Waals surface area contributed by atoms with E-state index in [4.69, 9.17) is 0 Å². The molecule has 2 nitrogen and oxygen atoms in total. The summed E-state index contributed by atoms with van der Waals surface area (Å²) in [6.07, 6.45) is 1.01. The monoisotopic (exact) mass is 181 g/mol. The Hall–Kier alpha value is -0.670. The molecule has 0 aromatic carbocycles. The van der Waals surface area contributed by atoms with Crippen molar-refractivity contribution in [2.75, 3.05) is 6.54 Å². The molecule has 1 aromatic rings. The summed E-state index contributed by atoms with van der Waals surface area (Å²) >= 11 is 1.58. The summed E-state index contributed by atoms with van der Waals surface area (Å²) in [5.74, 6) is 0.211. The van der Waals surface area contributed by atoms with Gasteiger partial charge in [0.15, 0.2) is 5.78 Å². The van der Waals surface area contributed by atoms with Crippen molar-refractivity contribution in [3.8, 4) is 0 Å². The van der Waals surface area contributed by atoms with Gasteiger partial charge in [-0.1, -0.05) is 0 Å². The van der Waals surface area contributed by atoms with Crippen LogP contribution in [0, 0.1) is 0 Å². The van der Waals surface area contributed by atoms with Crippen LogP contribution in [-0.2, 0) is 13.0 Å². The van der Waals surface area contributed by atoms with Crippen LogP contribution in [-0.4, -0.2) is 12.3 Å². The van der Waals surface area contributed by atoms with Gasteiger partial charge in [-0.2, -0.15) is 0 Å². The van der Waals surface area contributed by atoms with Crippen LogP contribution >= 0.6 is 11.3 Å². The second kappa shape index (κ2) is 2.99. The Kier molecular flexibility index (Phi) is 1.98. The number of thiophene rings is 1.